The molecule has 0 saturated carbocycles. The van der Waals surface area contributed by atoms with Crippen LogP contribution in [0, 0.1) is 17.2 Å². The van der Waals surface area contributed by atoms with Crippen molar-refractivity contribution in [2.45, 2.75) is 19.8 Å². The maximum atomic E-state index is 12.1. The van der Waals surface area contributed by atoms with Crippen molar-refractivity contribution in [3.8, 4) is 11.8 Å². The summed E-state index contributed by atoms with van der Waals surface area (Å²) in [4.78, 5) is 12.1. The molecule has 0 bridgehead atoms. The molecule has 0 aliphatic heterocycles. The number of nitrogens with zero attached hydrogens (tertiary/aromatic N) is 1. The molecule has 0 saturated heterocycles. The molecule has 2 rings (SSSR count). The molecule has 0 aromatic heterocycles. The van der Waals surface area contributed by atoms with Crippen molar-refractivity contribution >= 4 is 29.0 Å². The van der Waals surface area contributed by atoms with Crippen molar-refractivity contribution in [2.24, 2.45) is 5.92 Å². The molecule has 0 N–H and O–H groups in total. The number of ether oxygens (including phenoxy) is 1. The molecule has 1 aliphatic rings. The quantitative estimate of drug-likeness (QED) is 0.851. The molecule has 0 radical (unpaired) electrons. The predicted molar refractivity (Wildman–Crippen MR) is 69.4 cm³/mol. The highest BCUT2D eigenvalue weighted by Crippen LogP contribution is 2.42. The second kappa shape index (κ2) is 5.17. The van der Waals surface area contributed by atoms with Crippen LogP contribution in [0.5, 0.6) is 5.75 Å². The number of hydrogen-bond donors (Lipinski definition) is 0. The van der Waals surface area contributed by atoms with Gasteiger partial charge in [0, 0.05) is 11.5 Å². The molecule has 0 unspecified atom stereocenters. The monoisotopic (exact) mass is 283 g/mol. The third-order valence-electron chi connectivity index (χ3n) is 3.12. The lowest BCUT2D eigenvalue weighted by molar-refractivity contribution is 0.0934. The molecule has 18 heavy (non-hydrogen) atoms. The zero-order chi connectivity index (χ0) is 13.3. The highest BCUT2D eigenvalue weighted by molar-refractivity contribution is 6.45. The Kier molecular flexibility index (Phi) is 3.79. The van der Waals surface area contributed by atoms with Crippen LogP contribution in [0.4, 0.5) is 0 Å². The molecular weight excluding hydrogens is 273 g/mol. The van der Waals surface area contributed by atoms with Crippen LogP contribution in [-0.4, -0.2) is 12.4 Å². The third-order valence-corrected chi connectivity index (χ3v) is 3.97. The Bertz CT molecular complexity index is 549. The standard InChI is InChI=1S/C13H11Cl2NO2/c1-2-7-5-8-6-9(18-4-3-16)11(14)12(15)10(8)13(7)17/h6-7H,2,4-5H2,1H3/t7-/m0/s1. The Morgan fingerprint density at radius 1 is 1.50 bits per heavy atom. The van der Waals surface area contributed by atoms with Crippen LogP contribution < -0.4 is 4.74 Å². The molecule has 5 heteroatoms. The van der Waals surface area contributed by atoms with E-state index in [-0.39, 0.29) is 28.4 Å². The average Bonchev–Trinajstić information content (AvgIpc) is 2.68. The third kappa shape index (κ3) is 2.07. The number of carbonyl (C=O) groups excluding carboxylic acids is 1. The van der Waals surface area contributed by atoms with Gasteiger partial charge in [-0.25, -0.2) is 0 Å². The van der Waals surface area contributed by atoms with E-state index in [1.54, 1.807) is 6.07 Å². The molecule has 0 spiro atoms. The van der Waals surface area contributed by atoms with E-state index in [9.17, 15) is 4.79 Å². The van der Waals surface area contributed by atoms with E-state index in [4.69, 9.17) is 33.2 Å². The van der Waals surface area contributed by atoms with Gasteiger partial charge in [0.25, 0.3) is 0 Å². The molecular formula is C13H11Cl2NO2. The van der Waals surface area contributed by atoms with Crippen molar-refractivity contribution in [3.63, 3.8) is 0 Å². The number of carbonyl (C=O) groups is 1. The van der Waals surface area contributed by atoms with Gasteiger partial charge in [-0.1, -0.05) is 30.1 Å². The van der Waals surface area contributed by atoms with Crippen LogP contribution in [-0.2, 0) is 6.42 Å². The number of benzene rings is 1. The lowest BCUT2D eigenvalue weighted by Gasteiger charge is -2.09. The smallest absolute Gasteiger partial charge is 0.174 e. The number of hydrogen-bond acceptors (Lipinski definition) is 3. The SMILES string of the molecule is CC[C@H]1Cc2cc(OCC#N)c(Cl)c(Cl)c2C1=O. The van der Waals surface area contributed by atoms with Gasteiger partial charge in [-0.2, -0.15) is 5.26 Å². The van der Waals surface area contributed by atoms with Gasteiger partial charge in [0.1, 0.15) is 16.8 Å². The number of nitriles is 1. The van der Waals surface area contributed by atoms with Gasteiger partial charge < -0.3 is 4.74 Å². The minimum Gasteiger partial charge on any atom is -0.477 e. The fraction of sp³-hybridized carbons (Fsp3) is 0.385. The zero-order valence-electron chi connectivity index (χ0n) is 9.80. The number of ketones is 1. The minimum absolute atomic E-state index is 0.0280. The summed E-state index contributed by atoms with van der Waals surface area (Å²) in [5, 5.41) is 8.94. The largest absolute Gasteiger partial charge is 0.477 e. The molecule has 1 atom stereocenters. The van der Waals surface area contributed by atoms with Crippen LogP contribution in [0.25, 0.3) is 0 Å². The van der Waals surface area contributed by atoms with E-state index in [1.165, 1.54) is 0 Å². The van der Waals surface area contributed by atoms with Gasteiger partial charge in [-0.05, 0) is 24.5 Å². The van der Waals surface area contributed by atoms with E-state index >= 15 is 0 Å². The second-order valence-corrected chi connectivity index (χ2v) is 4.91. The first kappa shape index (κ1) is 13.2. The summed E-state index contributed by atoms with van der Waals surface area (Å²) in [6.45, 7) is 1.87. The van der Waals surface area contributed by atoms with Crippen LogP contribution in [0.2, 0.25) is 10.0 Å². The highest BCUT2D eigenvalue weighted by atomic mass is 35.5. The molecule has 94 valence electrons. The predicted octanol–water partition coefficient (Wildman–Crippen LogP) is 3.66. The summed E-state index contributed by atoms with van der Waals surface area (Å²) in [6, 6.07) is 3.59. The summed E-state index contributed by atoms with van der Waals surface area (Å²) < 4.78 is 5.21. The number of halogens is 2. The molecule has 0 fully saturated rings. The molecule has 0 amide bonds. The maximum absolute atomic E-state index is 12.1. The van der Waals surface area contributed by atoms with Crippen LogP contribution in [0.1, 0.15) is 29.3 Å². The number of rotatable bonds is 3. The first-order chi connectivity index (χ1) is 8.60. The topological polar surface area (TPSA) is 50.1 Å². The van der Waals surface area contributed by atoms with Gasteiger partial charge in [-0.15, -0.1) is 0 Å². The number of fused-ring (bicyclic) bond motifs is 1. The summed E-state index contributed by atoms with van der Waals surface area (Å²) in [6.07, 6.45) is 1.43. The van der Waals surface area contributed by atoms with E-state index in [0.717, 1.165) is 12.0 Å². The van der Waals surface area contributed by atoms with Crippen LogP contribution in [0.15, 0.2) is 6.07 Å². The van der Waals surface area contributed by atoms with E-state index < -0.39 is 0 Å². The molecule has 1 aliphatic carbocycles. The maximum Gasteiger partial charge on any atom is 0.174 e. The fourth-order valence-corrected chi connectivity index (χ4v) is 2.70. The van der Waals surface area contributed by atoms with Crippen LogP contribution >= 0.6 is 23.2 Å². The molecule has 1 aromatic rings. The van der Waals surface area contributed by atoms with Gasteiger partial charge in [0.2, 0.25) is 0 Å². The van der Waals surface area contributed by atoms with Gasteiger partial charge in [0.15, 0.2) is 12.4 Å². The van der Waals surface area contributed by atoms with E-state index in [0.29, 0.717) is 17.7 Å². The molecule has 3 nitrogen and oxygen atoms in total. The summed E-state index contributed by atoms with van der Waals surface area (Å²) in [5.41, 5.74) is 1.37. The minimum atomic E-state index is -0.0972. The number of Topliss-reactive ketones (excluding diaryl/α,β-unsaturated/α-hetero) is 1. The van der Waals surface area contributed by atoms with Crippen LogP contribution in [0.3, 0.4) is 0 Å². The fourth-order valence-electron chi connectivity index (χ4n) is 2.19. The normalized spacial score (nSPS) is 17.4. The van der Waals surface area contributed by atoms with Gasteiger partial charge in [0.05, 0.1) is 5.02 Å². The van der Waals surface area contributed by atoms with Crippen molar-refractivity contribution in [3.05, 3.63) is 27.2 Å². The lowest BCUT2D eigenvalue weighted by atomic mass is 10.0. The molecule has 1 aromatic carbocycles. The molecule has 0 heterocycles. The lowest BCUT2D eigenvalue weighted by Crippen LogP contribution is -2.07. The highest BCUT2D eigenvalue weighted by Gasteiger charge is 2.33. The van der Waals surface area contributed by atoms with Crippen molar-refractivity contribution < 1.29 is 9.53 Å². The van der Waals surface area contributed by atoms with E-state index in [2.05, 4.69) is 0 Å². The first-order valence-corrected chi connectivity index (χ1v) is 6.40. The first-order valence-electron chi connectivity index (χ1n) is 5.65. The summed E-state index contributed by atoms with van der Waals surface area (Å²) >= 11 is 12.2. The Morgan fingerprint density at radius 2 is 2.22 bits per heavy atom. The van der Waals surface area contributed by atoms with Crippen molar-refractivity contribution in [2.75, 3.05) is 6.61 Å². The van der Waals surface area contributed by atoms with Crippen molar-refractivity contribution in [1.82, 2.24) is 0 Å². The Hall–Kier alpha value is -1.24. The summed E-state index contributed by atoms with van der Waals surface area (Å²) in [5.74, 6) is 0.387. The van der Waals surface area contributed by atoms with Gasteiger partial charge >= 0.3 is 0 Å². The second-order valence-electron chi connectivity index (χ2n) is 4.16. The summed E-state index contributed by atoms with van der Waals surface area (Å²) in [7, 11) is 0. The van der Waals surface area contributed by atoms with Crippen molar-refractivity contribution in [1.29, 1.82) is 5.26 Å². The zero-order valence-corrected chi connectivity index (χ0v) is 11.3. The Balaban J connectivity index is 2.46. The average molecular weight is 284 g/mol. The Labute approximate surface area is 115 Å². The Morgan fingerprint density at radius 3 is 2.83 bits per heavy atom. The van der Waals surface area contributed by atoms with E-state index in [1.807, 2.05) is 13.0 Å². The van der Waals surface area contributed by atoms with Gasteiger partial charge in [-0.3, -0.25) is 4.79 Å².